The fourth-order valence-electron chi connectivity index (χ4n) is 2.25. The quantitative estimate of drug-likeness (QED) is 0.917. The lowest BCUT2D eigenvalue weighted by atomic mass is 9.97. The van der Waals surface area contributed by atoms with Crippen molar-refractivity contribution in [2.24, 2.45) is 5.92 Å². The number of ether oxygens (including phenoxy) is 1. The predicted octanol–water partition coefficient (Wildman–Crippen LogP) is 3.29. The lowest BCUT2D eigenvalue weighted by Crippen LogP contribution is -2.64. The number of nitrogens with one attached hydrogen (secondary N) is 1. The van der Waals surface area contributed by atoms with Gasteiger partial charge in [0.15, 0.2) is 0 Å². The van der Waals surface area contributed by atoms with Gasteiger partial charge in [-0.15, -0.1) is 0 Å². The standard InChI is InChI=1S/C16H19ClFN3O2/c1-16(2,3)23-15(22)21-9-11(7-19)14(21)20-8-10-4-5-12(17)13(18)6-10/h4-6,11,14,20H,8-9H2,1-3H3. The number of hydrogen-bond acceptors (Lipinski definition) is 4. The Morgan fingerprint density at radius 1 is 1.57 bits per heavy atom. The molecule has 0 saturated carbocycles. The third-order valence-electron chi connectivity index (χ3n) is 3.40. The van der Waals surface area contributed by atoms with Crippen molar-refractivity contribution in [1.82, 2.24) is 10.2 Å². The summed E-state index contributed by atoms with van der Waals surface area (Å²) in [7, 11) is 0. The second kappa shape index (κ2) is 6.73. The largest absolute Gasteiger partial charge is 0.444 e. The number of carbonyl (C=O) groups is 1. The van der Waals surface area contributed by atoms with Gasteiger partial charge in [0, 0.05) is 13.1 Å². The normalized spacial score (nSPS) is 20.6. The van der Waals surface area contributed by atoms with Crippen LogP contribution in [0.5, 0.6) is 0 Å². The highest BCUT2D eigenvalue weighted by atomic mass is 35.5. The highest BCUT2D eigenvalue weighted by Gasteiger charge is 2.43. The zero-order valence-corrected chi connectivity index (χ0v) is 14.0. The number of hydrogen-bond donors (Lipinski definition) is 1. The van der Waals surface area contributed by atoms with E-state index in [2.05, 4.69) is 11.4 Å². The van der Waals surface area contributed by atoms with Gasteiger partial charge in [-0.1, -0.05) is 17.7 Å². The molecule has 1 aromatic rings. The Hall–Kier alpha value is -1.84. The van der Waals surface area contributed by atoms with Gasteiger partial charge in [-0.3, -0.25) is 10.2 Å². The highest BCUT2D eigenvalue weighted by Crippen LogP contribution is 2.25. The number of likely N-dealkylation sites (tertiary alicyclic amines) is 1. The van der Waals surface area contributed by atoms with E-state index in [0.29, 0.717) is 18.7 Å². The molecule has 1 heterocycles. The number of halogens is 2. The molecule has 124 valence electrons. The minimum atomic E-state index is -0.599. The van der Waals surface area contributed by atoms with Crippen LogP contribution in [0.1, 0.15) is 26.3 Å². The van der Waals surface area contributed by atoms with Crippen molar-refractivity contribution in [3.05, 3.63) is 34.6 Å². The third-order valence-corrected chi connectivity index (χ3v) is 3.71. The van der Waals surface area contributed by atoms with Crippen molar-refractivity contribution in [3.63, 3.8) is 0 Å². The van der Waals surface area contributed by atoms with E-state index >= 15 is 0 Å². The Morgan fingerprint density at radius 3 is 2.83 bits per heavy atom. The Balaban J connectivity index is 1.99. The van der Waals surface area contributed by atoms with Gasteiger partial charge in [0.2, 0.25) is 0 Å². The molecule has 1 aliphatic heterocycles. The van der Waals surface area contributed by atoms with Crippen LogP contribution in [0.4, 0.5) is 9.18 Å². The number of carbonyl (C=O) groups excluding carboxylic acids is 1. The molecule has 2 rings (SSSR count). The summed E-state index contributed by atoms with van der Waals surface area (Å²) in [6.07, 6.45) is -0.919. The zero-order valence-electron chi connectivity index (χ0n) is 13.3. The van der Waals surface area contributed by atoms with Crippen molar-refractivity contribution in [2.45, 2.75) is 39.1 Å². The molecule has 1 aliphatic rings. The first-order chi connectivity index (χ1) is 10.7. The second-order valence-electron chi connectivity index (χ2n) is 6.44. The summed E-state index contributed by atoms with van der Waals surface area (Å²) < 4.78 is 18.7. The van der Waals surface area contributed by atoms with Crippen LogP contribution in [0.25, 0.3) is 0 Å². The summed E-state index contributed by atoms with van der Waals surface area (Å²) in [6, 6.07) is 6.64. The van der Waals surface area contributed by atoms with Gasteiger partial charge < -0.3 is 4.74 Å². The number of nitrogens with zero attached hydrogens (tertiary/aromatic N) is 2. The smallest absolute Gasteiger partial charge is 0.411 e. The van der Waals surface area contributed by atoms with E-state index in [1.807, 2.05) is 0 Å². The number of benzene rings is 1. The van der Waals surface area contributed by atoms with Crippen LogP contribution < -0.4 is 5.32 Å². The summed E-state index contributed by atoms with van der Waals surface area (Å²) in [5, 5.41) is 12.3. The maximum atomic E-state index is 13.4. The summed E-state index contributed by atoms with van der Waals surface area (Å²) in [5.74, 6) is -0.819. The average molecular weight is 340 g/mol. The summed E-state index contributed by atoms with van der Waals surface area (Å²) in [5.41, 5.74) is 0.0817. The molecule has 0 aliphatic carbocycles. The Labute approximate surface area is 140 Å². The van der Waals surface area contributed by atoms with Crippen LogP contribution in [0.15, 0.2) is 18.2 Å². The van der Waals surface area contributed by atoms with Crippen LogP contribution in [0.3, 0.4) is 0 Å². The molecule has 2 unspecified atom stereocenters. The van der Waals surface area contributed by atoms with Crippen LogP contribution in [0, 0.1) is 23.1 Å². The molecule has 7 heteroatoms. The predicted molar refractivity (Wildman–Crippen MR) is 84.1 cm³/mol. The Kier molecular flexibility index (Phi) is 5.12. The van der Waals surface area contributed by atoms with E-state index in [0.717, 1.165) is 0 Å². The topological polar surface area (TPSA) is 65.4 Å². The van der Waals surface area contributed by atoms with Crippen molar-refractivity contribution < 1.29 is 13.9 Å². The number of nitriles is 1. The fraction of sp³-hybridized carbons (Fsp3) is 0.500. The van der Waals surface area contributed by atoms with Gasteiger partial charge >= 0.3 is 6.09 Å². The molecule has 0 spiro atoms. The van der Waals surface area contributed by atoms with Gasteiger partial charge in [0.25, 0.3) is 0 Å². The molecule has 23 heavy (non-hydrogen) atoms. The van der Waals surface area contributed by atoms with Gasteiger partial charge in [0.05, 0.1) is 17.0 Å². The molecule has 2 atom stereocenters. The van der Waals surface area contributed by atoms with E-state index in [-0.39, 0.29) is 10.9 Å². The van der Waals surface area contributed by atoms with Crippen LogP contribution in [0.2, 0.25) is 5.02 Å². The minimum Gasteiger partial charge on any atom is -0.444 e. The number of rotatable bonds is 3. The van der Waals surface area contributed by atoms with Crippen LogP contribution in [-0.4, -0.2) is 29.3 Å². The maximum Gasteiger partial charge on any atom is 0.411 e. The van der Waals surface area contributed by atoms with Crippen molar-refractivity contribution in [3.8, 4) is 6.07 Å². The monoisotopic (exact) mass is 339 g/mol. The third kappa shape index (κ3) is 4.34. The average Bonchev–Trinajstić information content (AvgIpc) is 2.40. The first-order valence-corrected chi connectivity index (χ1v) is 7.65. The maximum absolute atomic E-state index is 13.4. The van der Waals surface area contributed by atoms with E-state index in [1.165, 1.54) is 17.0 Å². The molecule has 5 nitrogen and oxygen atoms in total. The lowest BCUT2D eigenvalue weighted by molar-refractivity contribution is -0.0278. The molecule has 1 amide bonds. The van der Waals surface area contributed by atoms with Gasteiger partial charge in [-0.25, -0.2) is 9.18 Å². The van der Waals surface area contributed by atoms with Gasteiger partial charge in [0.1, 0.15) is 17.6 Å². The van der Waals surface area contributed by atoms with Crippen molar-refractivity contribution in [1.29, 1.82) is 5.26 Å². The summed E-state index contributed by atoms with van der Waals surface area (Å²) >= 11 is 5.65. The molecular weight excluding hydrogens is 321 g/mol. The Morgan fingerprint density at radius 2 is 2.26 bits per heavy atom. The number of amides is 1. The van der Waals surface area contributed by atoms with E-state index < -0.39 is 23.7 Å². The van der Waals surface area contributed by atoms with Crippen molar-refractivity contribution >= 4 is 17.7 Å². The summed E-state index contributed by atoms with van der Waals surface area (Å²) in [4.78, 5) is 13.6. The molecule has 1 saturated heterocycles. The van der Waals surface area contributed by atoms with E-state index in [9.17, 15) is 9.18 Å². The SMILES string of the molecule is CC(C)(C)OC(=O)N1CC(C#N)C1NCc1ccc(Cl)c(F)c1. The molecule has 1 aromatic carbocycles. The highest BCUT2D eigenvalue weighted by molar-refractivity contribution is 6.30. The van der Waals surface area contributed by atoms with Crippen LogP contribution >= 0.6 is 11.6 Å². The van der Waals surface area contributed by atoms with Crippen molar-refractivity contribution in [2.75, 3.05) is 6.54 Å². The molecule has 0 bridgehead atoms. The first kappa shape index (κ1) is 17.5. The zero-order chi connectivity index (χ0) is 17.2. The van der Waals surface area contributed by atoms with E-state index in [1.54, 1.807) is 26.8 Å². The van der Waals surface area contributed by atoms with E-state index in [4.69, 9.17) is 21.6 Å². The minimum absolute atomic E-state index is 0.0580. The molecule has 0 aromatic heterocycles. The summed E-state index contributed by atoms with van der Waals surface area (Å²) in [6.45, 7) is 5.98. The molecule has 1 fully saturated rings. The molecule has 1 N–H and O–H groups in total. The molecule has 0 radical (unpaired) electrons. The lowest BCUT2D eigenvalue weighted by Gasteiger charge is -2.45. The molecular formula is C16H19ClFN3O2. The van der Waals surface area contributed by atoms with Gasteiger partial charge in [-0.05, 0) is 38.5 Å². The van der Waals surface area contributed by atoms with Gasteiger partial charge in [-0.2, -0.15) is 5.26 Å². The first-order valence-electron chi connectivity index (χ1n) is 7.28. The second-order valence-corrected chi connectivity index (χ2v) is 6.85. The fourth-order valence-corrected chi connectivity index (χ4v) is 2.37. The Bertz CT molecular complexity index is 639. The van der Waals surface area contributed by atoms with Crippen LogP contribution in [-0.2, 0) is 11.3 Å².